The second kappa shape index (κ2) is 88.9. The molecule has 0 spiro atoms. The first-order valence-corrected chi connectivity index (χ1v) is 56.6. The van der Waals surface area contributed by atoms with E-state index in [0.717, 1.165) is 69.3 Å². The van der Waals surface area contributed by atoms with Crippen LogP contribution in [0.1, 0.15) is 645 Å². The Balaban J connectivity index is -0.0000000818. The van der Waals surface area contributed by atoms with Crippen LogP contribution in [0.5, 0.6) is 0 Å². The van der Waals surface area contributed by atoms with Crippen LogP contribution in [-0.4, -0.2) is 60.4 Å². The lowest BCUT2D eigenvalue weighted by Crippen LogP contribution is -2.31. The summed E-state index contributed by atoms with van der Waals surface area (Å²) in [6, 6.07) is 7.15. The summed E-state index contributed by atoms with van der Waals surface area (Å²) in [6.45, 7) is 154. The lowest BCUT2D eigenvalue weighted by atomic mass is 9.68. The van der Waals surface area contributed by atoms with Crippen molar-refractivity contribution in [2.45, 2.75) is 651 Å². The minimum Gasteiger partial charge on any atom is -0.376 e. The van der Waals surface area contributed by atoms with Crippen LogP contribution in [0.4, 0.5) is 0 Å². The Labute approximate surface area is 924 Å². The first-order chi connectivity index (χ1) is 62.4. The molecule has 9 nitrogen and oxygen atoms in total. The number of hydrogen-bond donors (Lipinski definition) is 2. The van der Waals surface area contributed by atoms with Crippen molar-refractivity contribution in [2.24, 2.45) is 109 Å². The molecular weight excluding hydrogens is 1760 g/mol. The van der Waals surface area contributed by atoms with E-state index in [2.05, 4.69) is 464 Å². The van der Waals surface area contributed by atoms with Crippen molar-refractivity contribution in [3.63, 3.8) is 0 Å². The molecule has 145 heavy (non-hydrogen) atoms. The van der Waals surface area contributed by atoms with Gasteiger partial charge in [-0.3, -0.25) is 9.59 Å². The van der Waals surface area contributed by atoms with Crippen molar-refractivity contribution in [1.29, 1.82) is 15.8 Å². The van der Waals surface area contributed by atoms with Gasteiger partial charge in [-0.2, -0.15) is 15.8 Å². The van der Waals surface area contributed by atoms with Gasteiger partial charge in [0.2, 0.25) is 11.8 Å². The normalized spacial score (nSPS) is 12.1. The number of amides is 2. The fourth-order valence-electron chi connectivity index (χ4n) is 16.7. The second-order valence-electron chi connectivity index (χ2n) is 61.7. The Morgan fingerprint density at radius 2 is 0.697 bits per heavy atom. The number of allylic oxidation sites excluding steroid dienone is 5. The van der Waals surface area contributed by atoms with E-state index >= 15 is 0 Å². The van der Waals surface area contributed by atoms with E-state index in [9.17, 15) is 9.59 Å². The van der Waals surface area contributed by atoms with Gasteiger partial charge >= 0.3 is 0 Å². The summed E-state index contributed by atoms with van der Waals surface area (Å²) in [7, 11) is 0. The van der Waals surface area contributed by atoms with Crippen LogP contribution < -0.4 is 10.6 Å². The maximum atomic E-state index is 11.0. The molecule has 876 valence electrons. The first-order valence-electron chi connectivity index (χ1n) is 56.6. The van der Waals surface area contributed by atoms with Gasteiger partial charge in [-0.05, 0) is 268 Å². The maximum Gasteiger partial charge on any atom is 0.221 e. The summed E-state index contributed by atoms with van der Waals surface area (Å²) in [6.07, 6.45) is 45.9. The molecule has 9 heteroatoms. The van der Waals surface area contributed by atoms with Crippen LogP contribution in [0.3, 0.4) is 0 Å². The van der Waals surface area contributed by atoms with Gasteiger partial charge < -0.3 is 20.4 Å². The lowest BCUT2D eigenvalue weighted by Gasteiger charge is -2.37. The summed E-state index contributed by atoms with van der Waals surface area (Å²) in [5.41, 5.74) is 9.16. The minimum atomic E-state index is -0.127. The molecule has 0 radical (unpaired) electrons. The zero-order valence-electron chi connectivity index (χ0n) is 109. The highest BCUT2D eigenvalue weighted by Gasteiger charge is 2.32. The number of nitriles is 3. The Morgan fingerprint density at radius 3 is 0.924 bits per heavy atom. The topological polar surface area (TPSA) is 136 Å². The number of nitrogens with zero attached hydrogens (tertiary/aromatic N) is 5. The molecule has 2 amide bonds. The summed E-state index contributed by atoms with van der Waals surface area (Å²) >= 11 is 0. The van der Waals surface area contributed by atoms with Crippen LogP contribution >= 0.6 is 0 Å². The van der Waals surface area contributed by atoms with Gasteiger partial charge in [0.1, 0.15) is 6.54 Å². The molecule has 1 atom stereocenters. The molecule has 0 saturated heterocycles. The molecule has 0 aromatic heterocycles. The number of terminal acetylenes is 1. The van der Waals surface area contributed by atoms with Gasteiger partial charge in [0.05, 0.1) is 30.2 Å². The van der Waals surface area contributed by atoms with Crippen molar-refractivity contribution < 1.29 is 9.59 Å². The summed E-state index contributed by atoms with van der Waals surface area (Å²) in [5.74, 6) is 4.17. The number of nitrogens with one attached hydrogen (secondary N) is 2. The van der Waals surface area contributed by atoms with Gasteiger partial charge in [-0.1, -0.05) is 499 Å². The van der Waals surface area contributed by atoms with Crippen LogP contribution in [0.15, 0.2) is 49.4 Å². The molecule has 0 aliphatic heterocycles. The SMILES string of the molecule is C.C.C.C.C#CCNC(=O)CC(C)(C)C.C=C(CC(C)(C)C)N(CC#N)C(C)C.C=C(CC(C)(C)C)N(CC)CC.C=CCCCC(C)(C)C.CC(C)(C)CC(C)(C)C.CC(C)(C)CC(C)(C)C.CC(C)(C)CCCCC(C)(C)C#N.CC(C)CC(C)(C)C.CC(CC(C)(C)C)C(C)(C)C.CC/C=C/CCCCCCC(C)(C)C.CCC(CC)(CCC#N)CC(C)(C)C.CCCC(C)(C)C.CCNC(=O)CC(C)(C)C. The summed E-state index contributed by atoms with van der Waals surface area (Å²) in [5, 5.41) is 31.5. The average Bonchev–Trinajstić information content (AvgIpc) is 0.849. The molecule has 2 N–H and O–H groups in total. The third kappa shape index (κ3) is 185. The number of unbranched alkanes of at least 4 members (excludes halogenated alkanes) is 6. The molecule has 0 aliphatic rings. The van der Waals surface area contributed by atoms with E-state index in [1.807, 2.05) is 47.6 Å². The molecule has 0 aromatic carbocycles. The van der Waals surface area contributed by atoms with Crippen LogP contribution in [0, 0.1) is 156 Å². The highest BCUT2D eigenvalue weighted by molar-refractivity contribution is 5.77. The number of rotatable bonds is 34. The first kappa shape index (κ1) is 179. The fourth-order valence-corrected chi connectivity index (χ4v) is 16.7. The second-order valence-corrected chi connectivity index (χ2v) is 61.7. The fraction of sp³-hybridized carbons (Fsp3) is 0.890. The van der Waals surface area contributed by atoms with Crippen LogP contribution in [0.25, 0.3) is 0 Å². The molecule has 0 aliphatic carbocycles. The van der Waals surface area contributed by atoms with E-state index in [4.69, 9.17) is 22.2 Å². The molecule has 0 fully saturated rings. The molecular formula is C136H285N7O2. The average molecular weight is 2050 g/mol. The zero-order valence-corrected chi connectivity index (χ0v) is 109. The van der Waals surface area contributed by atoms with Crippen LogP contribution in [-0.2, 0) is 9.59 Å². The Hall–Kier alpha value is -4.47. The smallest absolute Gasteiger partial charge is 0.221 e. The van der Waals surface area contributed by atoms with Crippen molar-refractivity contribution in [3.8, 4) is 30.6 Å². The highest BCUT2D eigenvalue weighted by atomic mass is 16.2. The van der Waals surface area contributed by atoms with Gasteiger partial charge in [-0.15, -0.1) is 13.0 Å². The van der Waals surface area contributed by atoms with Crippen molar-refractivity contribution in [1.82, 2.24) is 20.4 Å². The van der Waals surface area contributed by atoms with Crippen molar-refractivity contribution >= 4 is 11.8 Å². The highest BCUT2D eigenvalue weighted by Crippen LogP contribution is 2.43. The number of carbonyl (C=O) groups is 2. The quantitative estimate of drug-likeness (QED) is 0.0283. The molecule has 0 rings (SSSR count). The summed E-state index contributed by atoms with van der Waals surface area (Å²) in [4.78, 5) is 26.3. The molecule has 0 bridgehead atoms. The van der Waals surface area contributed by atoms with Crippen LogP contribution in [0.2, 0.25) is 0 Å². The predicted molar refractivity (Wildman–Crippen MR) is 675 cm³/mol. The third-order valence-electron chi connectivity index (χ3n) is 21.9. The van der Waals surface area contributed by atoms with E-state index in [-0.39, 0.29) is 63.2 Å². The Morgan fingerprint density at radius 1 is 0.366 bits per heavy atom. The third-order valence-corrected chi connectivity index (χ3v) is 21.9. The lowest BCUT2D eigenvalue weighted by molar-refractivity contribution is -0.123. The largest absolute Gasteiger partial charge is 0.376 e. The van der Waals surface area contributed by atoms with Crippen molar-refractivity contribution in [3.05, 3.63) is 49.4 Å². The summed E-state index contributed by atoms with van der Waals surface area (Å²) < 4.78 is 0. The van der Waals surface area contributed by atoms with E-state index in [1.165, 1.54) is 141 Å². The molecule has 0 heterocycles. The Kier molecular flexibility index (Phi) is 110. The number of carbonyl (C=O) groups excluding carboxylic acids is 2. The van der Waals surface area contributed by atoms with Gasteiger partial charge in [0.25, 0.3) is 0 Å². The monoisotopic (exact) mass is 2050 g/mol. The predicted octanol–water partition coefficient (Wildman–Crippen LogP) is 46.1. The maximum absolute atomic E-state index is 11.0. The van der Waals surface area contributed by atoms with E-state index < -0.39 is 0 Å². The molecule has 0 aromatic rings. The van der Waals surface area contributed by atoms with E-state index in [1.54, 1.807) is 0 Å². The van der Waals surface area contributed by atoms with Gasteiger partial charge in [0.15, 0.2) is 0 Å². The van der Waals surface area contributed by atoms with E-state index in [0.29, 0.717) is 114 Å². The van der Waals surface area contributed by atoms with Gasteiger partial charge in [-0.25, -0.2) is 0 Å². The molecule has 0 saturated carbocycles. The molecule has 1 unspecified atom stereocenters. The van der Waals surface area contributed by atoms with Crippen molar-refractivity contribution in [2.75, 3.05) is 32.7 Å². The zero-order chi connectivity index (χ0) is 116. The minimum absolute atomic E-state index is 0. The Bertz CT molecular complexity index is 3110. The number of hydrogen-bond acceptors (Lipinski definition) is 7. The standard InChI is InChI=1S/C14H28.C13H25N.C12H22N2.C12H23N.C11H23N.C11H24.C9H15NO.2C9H20.C9H18.C8H17NO.C8H18.C7H16.4CH4/c1-5-6-7-8-9-10-11-12-13-14(2,3)4;1-6-13(7-2,9-8-10-14)11-12(3,4)5;1-10(2)14(8-7-13)11(3)9-12(4,5)6;1-11(2,3)8-6-7-9-12(4,5)10-13;1-7-12(8-2)10(3)9-11(4,5)6;1-9(11(5,6)7)8-10(2,3)4;1-5-6-10-8(11)7-9(2,3)4;2*1-8(2,3)7-9(4,5)6;1-5-6-7-8-9(2,3)4;1-5-9-7(10)6-8(2,3)4;1-7(2)6-8(3,4)5;1-5-6-7(2,3)4;;;;/h6-7H,5,8-13H2,1-4H3;6-9,11H2,1-5H3;10H,3,8-9H2,1-2,4-6H3;6-9H2,1-5H3;3,7-9H2,1-2,4-6H3;9H,8H2,1-7H3;1H,6-7H2,2-4H3,(H,10,11);2*7H2,1-6H3;5H,1,6-8H2,2-4H3;5-6H2,1-4H3,(H,9,10);7H,6H2,1-5H3;5-6H2,1-4H3;4*1H4/b7-6+;;;;;;;;;;;;;;;;. The van der Waals surface area contributed by atoms with Gasteiger partial charge in [0, 0.05) is 56.3 Å².